The summed E-state index contributed by atoms with van der Waals surface area (Å²) in [4.78, 5) is 12.8. The maximum atomic E-state index is 12.8. The maximum Gasteiger partial charge on any atom is 0.322 e. The van der Waals surface area contributed by atoms with E-state index in [0.29, 0.717) is 33.5 Å². The third-order valence-corrected chi connectivity index (χ3v) is 7.64. The lowest BCUT2D eigenvalue weighted by molar-refractivity contribution is -0.121. The number of hydrogen-bond acceptors (Lipinski definition) is 6. The fourth-order valence-electron chi connectivity index (χ4n) is 3.39. The van der Waals surface area contributed by atoms with Crippen molar-refractivity contribution in [1.29, 1.82) is 0 Å². The van der Waals surface area contributed by atoms with E-state index in [9.17, 15) is 13.2 Å². The second-order valence-electron chi connectivity index (χ2n) is 7.19. The summed E-state index contributed by atoms with van der Waals surface area (Å²) in [5, 5.41) is 11.6. The van der Waals surface area contributed by atoms with Crippen molar-refractivity contribution in [3.8, 4) is 11.5 Å². The van der Waals surface area contributed by atoms with Gasteiger partial charge in [-0.05, 0) is 55.3 Å². The summed E-state index contributed by atoms with van der Waals surface area (Å²) in [6.07, 6.45) is 0.729. The van der Waals surface area contributed by atoms with Gasteiger partial charge in [0.05, 0.1) is 4.90 Å². The molecule has 1 saturated heterocycles. The van der Waals surface area contributed by atoms with Crippen molar-refractivity contribution in [2.45, 2.75) is 17.7 Å². The van der Waals surface area contributed by atoms with Crippen molar-refractivity contribution in [3.63, 3.8) is 0 Å². The Morgan fingerprint density at radius 1 is 0.969 bits per heavy atom. The van der Waals surface area contributed by atoms with Crippen LogP contribution in [0.25, 0.3) is 11.5 Å². The van der Waals surface area contributed by atoms with Crippen LogP contribution in [0.4, 0.5) is 6.01 Å². The Morgan fingerprint density at radius 2 is 1.59 bits per heavy atom. The molecule has 2 aromatic carbocycles. The number of sulfonamides is 1. The number of nitrogens with zero attached hydrogens (tertiary/aromatic N) is 3. The van der Waals surface area contributed by atoms with E-state index in [1.807, 2.05) is 0 Å². The lowest BCUT2D eigenvalue weighted by Crippen LogP contribution is -2.41. The van der Waals surface area contributed by atoms with Crippen LogP contribution in [0.5, 0.6) is 0 Å². The standard InChI is InChI=1S/C20H17Cl3N4O4S/c21-14-1-3-17(4-2-14)32(29,30)27-7-5-12(6-8-27)18(28)24-20-26-25-19(31-20)13-9-15(22)11-16(23)10-13/h1-4,9-12H,5-8H2,(H,24,26,28). The second-order valence-corrected chi connectivity index (χ2v) is 10.4. The minimum absolute atomic E-state index is 0.0580. The highest BCUT2D eigenvalue weighted by molar-refractivity contribution is 7.89. The maximum absolute atomic E-state index is 12.8. The number of benzene rings is 2. The molecular weight excluding hydrogens is 499 g/mol. The highest BCUT2D eigenvalue weighted by atomic mass is 35.5. The van der Waals surface area contributed by atoms with Crippen LogP contribution in [0.15, 0.2) is 51.8 Å². The molecule has 1 amide bonds. The Bertz CT molecular complexity index is 1220. The third kappa shape index (κ3) is 5.07. The molecule has 168 valence electrons. The molecule has 0 spiro atoms. The van der Waals surface area contributed by atoms with Gasteiger partial charge in [0, 0.05) is 39.6 Å². The number of piperidine rings is 1. The van der Waals surface area contributed by atoms with Gasteiger partial charge in [-0.15, -0.1) is 5.10 Å². The van der Waals surface area contributed by atoms with E-state index in [4.69, 9.17) is 39.2 Å². The summed E-state index contributed by atoms with van der Waals surface area (Å²) in [6.45, 7) is 0.443. The zero-order chi connectivity index (χ0) is 22.9. The Hall–Kier alpha value is -2.17. The van der Waals surface area contributed by atoms with Crippen molar-refractivity contribution in [2.24, 2.45) is 5.92 Å². The van der Waals surface area contributed by atoms with E-state index in [0.717, 1.165) is 0 Å². The van der Waals surface area contributed by atoms with Crippen LogP contribution in [0, 0.1) is 5.92 Å². The normalized spacial score (nSPS) is 15.6. The average Bonchev–Trinajstić information content (AvgIpc) is 3.22. The van der Waals surface area contributed by atoms with Gasteiger partial charge in [0.1, 0.15) is 0 Å². The zero-order valence-corrected chi connectivity index (χ0v) is 19.5. The van der Waals surface area contributed by atoms with Crippen LogP contribution in [0.2, 0.25) is 15.1 Å². The van der Waals surface area contributed by atoms with Gasteiger partial charge in [-0.1, -0.05) is 39.9 Å². The van der Waals surface area contributed by atoms with Crippen LogP contribution < -0.4 is 5.32 Å². The fraction of sp³-hybridized carbons (Fsp3) is 0.250. The van der Waals surface area contributed by atoms with Gasteiger partial charge in [0.25, 0.3) is 0 Å². The van der Waals surface area contributed by atoms with Crippen molar-refractivity contribution >= 4 is 56.7 Å². The molecule has 0 saturated carbocycles. The van der Waals surface area contributed by atoms with Crippen LogP contribution in [0.1, 0.15) is 12.8 Å². The van der Waals surface area contributed by atoms with Gasteiger partial charge in [0.2, 0.25) is 21.8 Å². The van der Waals surface area contributed by atoms with E-state index in [2.05, 4.69) is 15.5 Å². The molecule has 0 aliphatic carbocycles. The Balaban J connectivity index is 1.37. The predicted molar refractivity (Wildman–Crippen MR) is 121 cm³/mol. The molecule has 1 fully saturated rings. The molecule has 0 atom stereocenters. The summed E-state index contributed by atoms with van der Waals surface area (Å²) < 4.78 is 32.4. The van der Waals surface area contributed by atoms with Crippen molar-refractivity contribution in [3.05, 3.63) is 57.5 Å². The summed E-state index contributed by atoms with van der Waals surface area (Å²) >= 11 is 17.8. The largest absolute Gasteiger partial charge is 0.403 e. The van der Waals surface area contributed by atoms with Gasteiger partial charge in [-0.25, -0.2) is 8.42 Å². The molecule has 8 nitrogen and oxygen atoms in total. The molecule has 0 unspecified atom stereocenters. The van der Waals surface area contributed by atoms with Crippen LogP contribution in [-0.4, -0.2) is 41.9 Å². The smallest absolute Gasteiger partial charge is 0.322 e. The molecule has 2 heterocycles. The summed E-state index contributed by atoms with van der Waals surface area (Å²) in [6, 6.07) is 10.7. The molecule has 4 rings (SSSR count). The number of carbonyl (C=O) groups is 1. The quantitative estimate of drug-likeness (QED) is 0.526. The van der Waals surface area contributed by atoms with E-state index in [1.54, 1.807) is 18.2 Å². The van der Waals surface area contributed by atoms with E-state index in [-0.39, 0.29) is 41.7 Å². The lowest BCUT2D eigenvalue weighted by atomic mass is 9.97. The molecule has 1 aliphatic rings. The molecule has 3 aromatic rings. The number of aromatic nitrogens is 2. The van der Waals surface area contributed by atoms with Gasteiger partial charge < -0.3 is 4.42 Å². The SMILES string of the molecule is O=C(Nc1nnc(-c2cc(Cl)cc(Cl)c2)o1)C1CCN(S(=O)(=O)c2ccc(Cl)cc2)CC1. The minimum Gasteiger partial charge on any atom is -0.403 e. The fourth-order valence-corrected chi connectivity index (χ4v) is 5.51. The van der Waals surface area contributed by atoms with Gasteiger partial charge >= 0.3 is 6.01 Å². The number of nitrogens with one attached hydrogen (secondary N) is 1. The summed E-state index contributed by atoms with van der Waals surface area (Å²) in [5.41, 5.74) is 0.524. The van der Waals surface area contributed by atoms with Crippen LogP contribution >= 0.6 is 34.8 Å². The first kappa shape index (κ1) is 23.0. The topological polar surface area (TPSA) is 105 Å². The zero-order valence-electron chi connectivity index (χ0n) is 16.5. The van der Waals surface area contributed by atoms with E-state index in [1.165, 1.54) is 28.6 Å². The van der Waals surface area contributed by atoms with Gasteiger partial charge in [-0.2, -0.15) is 4.31 Å². The number of amides is 1. The number of carbonyl (C=O) groups excluding carboxylic acids is 1. The second kappa shape index (κ2) is 9.36. The first-order valence-electron chi connectivity index (χ1n) is 9.59. The molecule has 1 N–H and O–H groups in total. The van der Waals surface area contributed by atoms with E-state index < -0.39 is 10.0 Å². The van der Waals surface area contributed by atoms with Crippen molar-refractivity contribution in [2.75, 3.05) is 18.4 Å². The lowest BCUT2D eigenvalue weighted by Gasteiger charge is -2.30. The molecule has 0 radical (unpaired) electrons. The first-order chi connectivity index (χ1) is 15.2. The Morgan fingerprint density at radius 3 is 2.22 bits per heavy atom. The van der Waals surface area contributed by atoms with Crippen molar-refractivity contribution in [1.82, 2.24) is 14.5 Å². The highest BCUT2D eigenvalue weighted by Crippen LogP contribution is 2.28. The molecule has 32 heavy (non-hydrogen) atoms. The molecular formula is C20H17Cl3N4O4S. The van der Waals surface area contributed by atoms with E-state index >= 15 is 0 Å². The molecule has 1 aromatic heterocycles. The molecule has 1 aliphatic heterocycles. The van der Waals surface area contributed by atoms with Crippen molar-refractivity contribution < 1.29 is 17.6 Å². The van der Waals surface area contributed by atoms with Gasteiger partial charge in [0.15, 0.2) is 0 Å². The Labute approximate surface area is 199 Å². The van der Waals surface area contributed by atoms with Crippen LogP contribution in [-0.2, 0) is 14.8 Å². The predicted octanol–water partition coefficient (Wildman–Crippen LogP) is 4.74. The average molecular weight is 516 g/mol. The van der Waals surface area contributed by atoms with Gasteiger partial charge in [-0.3, -0.25) is 10.1 Å². The summed E-state index contributed by atoms with van der Waals surface area (Å²) in [5.74, 6) is -0.538. The monoisotopic (exact) mass is 514 g/mol. The summed E-state index contributed by atoms with van der Waals surface area (Å²) in [7, 11) is -3.64. The highest BCUT2D eigenvalue weighted by Gasteiger charge is 2.32. The number of halogens is 3. The van der Waals surface area contributed by atoms with Crippen LogP contribution in [0.3, 0.4) is 0 Å². The first-order valence-corrected chi connectivity index (χ1v) is 12.2. The minimum atomic E-state index is -3.64. The third-order valence-electron chi connectivity index (χ3n) is 5.04. The molecule has 0 bridgehead atoms. The number of rotatable bonds is 5. The Kier molecular flexibility index (Phi) is 6.73. The number of anilines is 1. The number of hydrogen-bond donors (Lipinski definition) is 1. The molecule has 12 heteroatoms.